The fourth-order valence-corrected chi connectivity index (χ4v) is 4.54. The molecule has 31 heavy (non-hydrogen) atoms. The van der Waals surface area contributed by atoms with Crippen LogP contribution in [0.25, 0.3) is 0 Å². The Morgan fingerprint density at radius 3 is 2.35 bits per heavy atom. The monoisotopic (exact) mass is 420 g/mol. The van der Waals surface area contributed by atoms with Gasteiger partial charge in [0, 0.05) is 37.7 Å². The molecule has 1 amide bonds. The van der Waals surface area contributed by atoms with Gasteiger partial charge >= 0.3 is 5.97 Å². The number of hydrogen-bond donors (Lipinski definition) is 1. The van der Waals surface area contributed by atoms with Crippen LogP contribution >= 0.6 is 0 Å². The average molecular weight is 421 g/mol. The summed E-state index contributed by atoms with van der Waals surface area (Å²) in [5, 5.41) is 10.4. The van der Waals surface area contributed by atoms with Crippen LogP contribution in [-0.2, 0) is 16.0 Å². The lowest BCUT2D eigenvalue weighted by molar-refractivity contribution is -0.148. The molecule has 1 saturated heterocycles. The number of hydrogen-bond acceptors (Lipinski definition) is 3. The number of benzene rings is 2. The second-order valence-electron chi connectivity index (χ2n) is 8.07. The van der Waals surface area contributed by atoms with Crippen molar-refractivity contribution in [1.29, 1.82) is 0 Å². The molecule has 1 heterocycles. The van der Waals surface area contributed by atoms with Gasteiger partial charge in [0.2, 0.25) is 5.91 Å². The van der Waals surface area contributed by atoms with E-state index in [9.17, 15) is 14.7 Å². The normalized spacial score (nSPS) is 21.8. The number of anilines is 1. The molecule has 2 unspecified atom stereocenters. The van der Waals surface area contributed by atoms with Crippen molar-refractivity contribution >= 4 is 17.6 Å². The lowest BCUT2D eigenvalue weighted by Crippen LogP contribution is -2.64. The summed E-state index contributed by atoms with van der Waals surface area (Å²) in [7, 11) is 0. The molecule has 0 saturated carbocycles. The third-order valence-electron chi connectivity index (χ3n) is 6.17. The summed E-state index contributed by atoms with van der Waals surface area (Å²) in [6.45, 7) is 5.21. The number of allylic oxidation sites excluding steroid dienone is 1. The van der Waals surface area contributed by atoms with Crippen molar-refractivity contribution in [2.75, 3.05) is 18.0 Å². The topological polar surface area (TPSA) is 60.9 Å². The van der Waals surface area contributed by atoms with Crippen LogP contribution in [0.5, 0.6) is 0 Å². The molecule has 2 aromatic carbocycles. The molecule has 2 atom stereocenters. The Morgan fingerprint density at radius 2 is 1.77 bits per heavy atom. The summed E-state index contributed by atoms with van der Waals surface area (Å²) in [6.07, 6.45) is 5.98. The number of likely N-dealkylation sites (tertiary alicyclic amines) is 1. The molecule has 0 aromatic heterocycles. The van der Waals surface area contributed by atoms with Crippen LogP contribution < -0.4 is 4.90 Å². The zero-order chi connectivity index (χ0) is 22.3. The molecule has 3 rings (SSSR count). The molecule has 0 aliphatic carbocycles. The maximum Gasteiger partial charge on any atom is 0.330 e. The van der Waals surface area contributed by atoms with E-state index in [1.807, 2.05) is 61.5 Å². The Morgan fingerprint density at radius 1 is 1.13 bits per heavy atom. The predicted molar refractivity (Wildman–Crippen MR) is 124 cm³/mol. The lowest BCUT2D eigenvalue weighted by atomic mass is 9.80. The van der Waals surface area contributed by atoms with E-state index in [-0.39, 0.29) is 18.4 Å². The standard InChI is InChI=1S/C26H32N2O3/c1-3-11-23-20-26(25(30)31,28(24(29)4-2)22-14-9-6-10-15-22)17-19-27(23)18-16-21-12-7-5-8-13-21/h3,5-15,23H,4,16-20H2,1-2H3,(H,30,31). The molecule has 0 radical (unpaired) electrons. The Labute approximate surface area is 185 Å². The largest absolute Gasteiger partial charge is 0.479 e. The molecule has 1 aliphatic heterocycles. The fraction of sp³-hybridized carbons (Fsp3) is 0.385. The van der Waals surface area contributed by atoms with Crippen molar-refractivity contribution in [2.45, 2.75) is 51.1 Å². The van der Waals surface area contributed by atoms with Crippen molar-refractivity contribution in [3.8, 4) is 0 Å². The lowest BCUT2D eigenvalue weighted by Gasteiger charge is -2.49. The highest BCUT2D eigenvalue weighted by Crippen LogP contribution is 2.37. The van der Waals surface area contributed by atoms with Crippen LogP contribution in [0.2, 0.25) is 0 Å². The summed E-state index contributed by atoms with van der Waals surface area (Å²) in [5.41, 5.74) is 0.652. The van der Waals surface area contributed by atoms with E-state index in [0.717, 1.165) is 13.0 Å². The Balaban J connectivity index is 1.90. The molecule has 164 valence electrons. The van der Waals surface area contributed by atoms with E-state index in [1.165, 1.54) is 5.56 Å². The summed E-state index contributed by atoms with van der Waals surface area (Å²) < 4.78 is 0. The van der Waals surface area contributed by atoms with Crippen LogP contribution in [0.1, 0.15) is 38.7 Å². The third kappa shape index (κ3) is 5.05. The molecule has 0 spiro atoms. The van der Waals surface area contributed by atoms with E-state index >= 15 is 0 Å². The second-order valence-corrected chi connectivity index (χ2v) is 8.07. The first-order valence-corrected chi connectivity index (χ1v) is 11.0. The fourth-order valence-electron chi connectivity index (χ4n) is 4.54. The number of carboxylic acids is 1. The second kappa shape index (κ2) is 10.4. The molecule has 2 aromatic rings. The molecular formula is C26H32N2O3. The smallest absolute Gasteiger partial charge is 0.330 e. The maximum absolute atomic E-state index is 13.0. The van der Waals surface area contributed by atoms with Crippen LogP contribution in [0.15, 0.2) is 72.8 Å². The van der Waals surface area contributed by atoms with Gasteiger partial charge in [-0.05, 0) is 37.5 Å². The van der Waals surface area contributed by atoms with E-state index in [1.54, 1.807) is 11.8 Å². The molecule has 1 fully saturated rings. The summed E-state index contributed by atoms with van der Waals surface area (Å²) in [6, 6.07) is 19.5. The molecule has 0 bridgehead atoms. The minimum absolute atomic E-state index is 0.0468. The molecule has 5 heteroatoms. The zero-order valence-corrected chi connectivity index (χ0v) is 18.4. The molecule has 1 aliphatic rings. The summed E-state index contributed by atoms with van der Waals surface area (Å²) >= 11 is 0. The average Bonchev–Trinajstić information content (AvgIpc) is 2.80. The highest BCUT2D eigenvalue weighted by molar-refractivity contribution is 6.01. The molecule has 1 N–H and O–H groups in total. The molecule has 5 nitrogen and oxygen atoms in total. The quantitative estimate of drug-likeness (QED) is 0.637. The van der Waals surface area contributed by atoms with E-state index in [2.05, 4.69) is 23.1 Å². The number of carbonyl (C=O) groups excluding carboxylic acids is 1. The number of carboxylic acid groups (broad SMARTS) is 1. The molecular weight excluding hydrogens is 388 g/mol. The number of para-hydroxylation sites is 1. The predicted octanol–water partition coefficient (Wildman–Crippen LogP) is 4.54. The number of aliphatic carboxylic acids is 1. The summed E-state index contributed by atoms with van der Waals surface area (Å²) in [4.78, 5) is 29.6. The first kappa shape index (κ1) is 22.8. The van der Waals surface area contributed by atoms with Crippen molar-refractivity contribution < 1.29 is 14.7 Å². The first-order chi connectivity index (χ1) is 15.0. The minimum Gasteiger partial charge on any atom is -0.479 e. The van der Waals surface area contributed by atoms with Crippen molar-refractivity contribution in [3.63, 3.8) is 0 Å². The van der Waals surface area contributed by atoms with Gasteiger partial charge < -0.3 is 5.11 Å². The van der Waals surface area contributed by atoms with Gasteiger partial charge in [0.1, 0.15) is 5.54 Å². The number of amides is 1. The van der Waals surface area contributed by atoms with Gasteiger partial charge in [-0.1, -0.05) is 67.6 Å². The Hall–Kier alpha value is -2.92. The van der Waals surface area contributed by atoms with E-state index < -0.39 is 11.5 Å². The zero-order valence-electron chi connectivity index (χ0n) is 18.4. The number of piperidine rings is 1. The summed E-state index contributed by atoms with van der Waals surface area (Å²) in [5.74, 6) is -1.10. The van der Waals surface area contributed by atoms with Gasteiger partial charge in [0.25, 0.3) is 0 Å². The van der Waals surface area contributed by atoms with Crippen LogP contribution in [0, 0.1) is 0 Å². The van der Waals surface area contributed by atoms with Gasteiger partial charge in [-0.25, -0.2) is 4.79 Å². The van der Waals surface area contributed by atoms with Crippen molar-refractivity contribution in [1.82, 2.24) is 4.90 Å². The third-order valence-corrected chi connectivity index (χ3v) is 6.17. The van der Waals surface area contributed by atoms with Gasteiger partial charge in [-0.3, -0.25) is 14.6 Å². The maximum atomic E-state index is 13.0. The van der Waals surface area contributed by atoms with Crippen LogP contribution in [0.3, 0.4) is 0 Å². The number of nitrogens with zero attached hydrogens (tertiary/aromatic N) is 2. The Kier molecular flexibility index (Phi) is 7.64. The first-order valence-electron chi connectivity index (χ1n) is 11.0. The SMILES string of the molecule is CC=CC1CC(C(=O)O)(N(C(=O)CC)c2ccccc2)CCN1CCc1ccccc1. The van der Waals surface area contributed by atoms with Crippen LogP contribution in [-0.4, -0.2) is 46.6 Å². The van der Waals surface area contributed by atoms with Crippen molar-refractivity contribution in [2.24, 2.45) is 0 Å². The number of carbonyl (C=O) groups is 2. The van der Waals surface area contributed by atoms with E-state index in [4.69, 9.17) is 0 Å². The highest BCUT2D eigenvalue weighted by atomic mass is 16.4. The van der Waals surface area contributed by atoms with Crippen LogP contribution in [0.4, 0.5) is 5.69 Å². The van der Waals surface area contributed by atoms with Gasteiger partial charge in [-0.15, -0.1) is 0 Å². The highest BCUT2D eigenvalue weighted by Gasteiger charge is 2.51. The van der Waals surface area contributed by atoms with Gasteiger partial charge in [0.15, 0.2) is 0 Å². The van der Waals surface area contributed by atoms with E-state index in [0.29, 0.717) is 25.1 Å². The van der Waals surface area contributed by atoms with Gasteiger partial charge in [-0.2, -0.15) is 0 Å². The number of rotatable bonds is 8. The Bertz CT molecular complexity index is 897. The van der Waals surface area contributed by atoms with Crippen molar-refractivity contribution in [3.05, 3.63) is 78.4 Å². The minimum atomic E-state index is -1.26. The van der Waals surface area contributed by atoms with Gasteiger partial charge in [0.05, 0.1) is 0 Å².